The zero-order chi connectivity index (χ0) is 14.5. The number of carbonyl (C=O) groups is 1. The van der Waals surface area contributed by atoms with E-state index in [2.05, 4.69) is 29.5 Å². The van der Waals surface area contributed by atoms with Crippen LogP contribution in [0, 0.1) is 0 Å². The van der Waals surface area contributed by atoms with Gasteiger partial charge in [-0.25, -0.2) is 4.79 Å². The Morgan fingerprint density at radius 2 is 2.05 bits per heavy atom. The van der Waals surface area contributed by atoms with E-state index in [0.29, 0.717) is 18.6 Å². The van der Waals surface area contributed by atoms with Crippen LogP contribution in [0.1, 0.15) is 40.5 Å². The van der Waals surface area contributed by atoms with Gasteiger partial charge in [0.05, 0.1) is 0 Å². The third-order valence-electron chi connectivity index (χ3n) is 3.43. The Labute approximate surface area is 117 Å². The normalized spacial score (nSPS) is 25.1. The van der Waals surface area contributed by atoms with Gasteiger partial charge in [0, 0.05) is 25.2 Å². The van der Waals surface area contributed by atoms with Crippen LogP contribution in [-0.4, -0.2) is 55.4 Å². The van der Waals surface area contributed by atoms with Gasteiger partial charge in [-0.2, -0.15) is 0 Å². The Kier molecular flexibility index (Phi) is 6.07. The van der Waals surface area contributed by atoms with Gasteiger partial charge < -0.3 is 20.3 Å². The number of amides is 1. The van der Waals surface area contributed by atoms with E-state index in [1.807, 2.05) is 20.8 Å². The fourth-order valence-corrected chi connectivity index (χ4v) is 2.23. The topological polar surface area (TPSA) is 53.6 Å². The lowest BCUT2D eigenvalue weighted by Gasteiger charge is -2.35. The quantitative estimate of drug-likeness (QED) is 0.762. The lowest BCUT2D eigenvalue weighted by atomic mass is 9.99. The van der Waals surface area contributed by atoms with Crippen LogP contribution in [0.15, 0.2) is 0 Å². The molecule has 0 aromatic rings. The molecule has 5 nitrogen and oxygen atoms in total. The molecule has 1 amide bonds. The van der Waals surface area contributed by atoms with E-state index in [1.165, 1.54) is 12.8 Å². The van der Waals surface area contributed by atoms with Crippen LogP contribution in [-0.2, 0) is 4.74 Å². The van der Waals surface area contributed by atoms with Crippen molar-refractivity contribution in [2.24, 2.45) is 0 Å². The Morgan fingerprint density at radius 1 is 1.37 bits per heavy atom. The maximum atomic E-state index is 11.4. The number of alkyl carbamates (subject to hydrolysis) is 1. The van der Waals surface area contributed by atoms with Gasteiger partial charge in [-0.3, -0.25) is 0 Å². The largest absolute Gasteiger partial charge is 0.444 e. The summed E-state index contributed by atoms with van der Waals surface area (Å²) in [6.07, 6.45) is 2.00. The van der Waals surface area contributed by atoms with Crippen molar-refractivity contribution in [1.82, 2.24) is 15.5 Å². The standard InChI is InChI=1S/C14H29N3O2/c1-11-10-12(6-9-17(11)5)15-7-8-16-13(18)19-14(2,3)4/h11-12,15H,6-10H2,1-5H3,(H,16,18). The lowest BCUT2D eigenvalue weighted by molar-refractivity contribution is 0.0527. The number of nitrogens with one attached hydrogen (secondary N) is 2. The van der Waals surface area contributed by atoms with Crippen LogP contribution in [0.25, 0.3) is 0 Å². The van der Waals surface area contributed by atoms with Gasteiger partial charge >= 0.3 is 6.09 Å². The van der Waals surface area contributed by atoms with E-state index in [-0.39, 0.29) is 6.09 Å². The summed E-state index contributed by atoms with van der Waals surface area (Å²) < 4.78 is 5.18. The molecule has 1 heterocycles. The first-order valence-corrected chi connectivity index (χ1v) is 7.18. The van der Waals surface area contributed by atoms with Crippen molar-refractivity contribution in [3.8, 4) is 0 Å². The molecule has 1 fully saturated rings. The van der Waals surface area contributed by atoms with Gasteiger partial charge in [-0.15, -0.1) is 0 Å². The summed E-state index contributed by atoms with van der Waals surface area (Å²) in [6, 6.07) is 1.19. The fourth-order valence-electron chi connectivity index (χ4n) is 2.23. The molecule has 1 saturated heterocycles. The molecule has 1 aliphatic rings. The molecular weight excluding hydrogens is 242 g/mol. The molecule has 1 rings (SSSR count). The van der Waals surface area contributed by atoms with Crippen molar-refractivity contribution in [3.63, 3.8) is 0 Å². The van der Waals surface area contributed by atoms with E-state index in [1.54, 1.807) is 0 Å². The van der Waals surface area contributed by atoms with Gasteiger partial charge in [-0.1, -0.05) is 0 Å². The van der Waals surface area contributed by atoms with E-state index in [0.717, 1.165) is 13.1 Å². The molecular formula is C14H29N3O2. The monoisotopic (exact) mass is 271 g/mol. The van der Waals surface area contributed by atoms with Crippen LogP contribution in [0.3, 0.4) is 0 Å². The van der Waals surface area contributed by atoms with Crippen LogP contribution >= 0.6 is 0 Å². The zero-order valence-corrected chi connectivity index (χ0v) is 13.0. The maximum absolute atomic E-state index is 11.4. The van der Waals surface area contributed by atoms with Crippen molar-refractivity contribution >= 4 is 6.09 Å². The van der Waals surface area contributed by atoms with Crippen LogP contribution in [0.4, 0.5) is 4.79 Å². The van der Waals surface area contributed by atoms with Crippen molar-refractivity contribution in [2.45, 2.75) is 58.2 Å². The number of likely N-dealkylation sites (tertiary alicyclic amines) is 1. The predicted octanol–water partition coefficient (Wildman–Crippen LogP) is 1.58. The molecule has 0 saturated carbocycles. The highest BCUT2D eigenvalue weighted by molar-refractivity contribution is 5.67. The minimum Gasteiger partial charge on any atom is -0.444 e. The molecule has 0 radical (unpaired) electrons. The maximum Gasteiger partial charge on any atom is 0.407 e. The van der Waals surface area contributed by atoms with Crippen molar-refractivity contribution in [2.75, 3.05) is 26.7 Å². The highest BCUT2D eigenvalue weighted by Crippen LogP contribution is 2.14. The molecule has 112 valence electrons. The Morgan fingerprint density at radius 3 is 2.63 bits per heavy atom. The first-order chi connectivity index (χ1) is 8.78. The van der Waals surface area contributed by atoms with E-state index in [9.17, 15) is 4.79 Å². The smallest absolute Gasteiger partial charge is 0.407 e. The number of nitrogens with zero attached hydrogens (tertiary/aromatic N) is 1. The first-order valence-electron chi connectivity index (χ1n) is 7.18. The third-order valence-corrected chi connectivity index (χ3v) is 3.43. The predicted molar refractivity (Wildman–Crippen MR) is 77.4 cm³/mol. The van der Waals surface area contributed by atoms with E-state index in [4.69, 9.17) is 4.74 Å². The number of hydrogen-bond acceptors (Lipinski definition) is 4. The SMILES string of the molecule is CC1CC(NCCNC(=O)OC(C)(C)C)CCN1C. The van der Waals surface area contributed by atoms with Crippen molar-refractivity contribution < 1.29 is 9.53 Å². The Balaban J connectivity index is 2.09. The highest BCUT2D eigenvalue weighted by Gasteiger charge is 2.22. The Bertz CT molecular complexity index is 289. The first kappa shape index (κ1) is 16.2. The highest BCUT2D eigenvalue weighted by atomic mass is 16.6. The second-order valence-electron chi connectivity index (χ2n) is 6.43. The molecule has 0 bridgehead atoms. The summed E-state index contributed by atoms with van der Waals surface area (Å²) in [6.45, 7) is 10.4. The van der Waals surface area contributed by atoms with E-state index >= 15 is 0 Å². The molecule has 2 N–H and O–H groups in total. The third kappa shape index (κ3) is 6.78. The summed E-state index contributed by atoms with van der Waals surface area (Å²) >= 11 is 0. The molecule has 2 unspecified atom stereocenters. The number of hydrogen-bond donors (Lipinski definition) is 2. The van der Waals surface area contributed by atoms with Crippen molar-refractivity contribution in [1.29, 1.82) is 0 Å². The molecule has 5 heteroatoms. The summed E-state index contributed by atoms with van der Waals surface area (Å²) in [5.41, 5.74) is -0.430. The second kappa shape index (κ2) is 7.10. The summed E-state index contributed by atoms with van der Waals surface area (Å²) in [5, 5.41) is 6.26. The van der Waals surface area contributed by atoms with Crippen molar-refractivity contribution in [3.05, 3.63) is 0 Å². The minimum absolute atomic E-state index is 0.342. The summed E-state index contributed by atoms with van der Waals surface area (Å²) in [4.78, 5) is 13.8. The lowest BCUT2D eigenvalue weighted by Crippen LogP contribution is -2.47. The van der Waals surface area contributed by atoms with Crippen LogP contribution < -0.4 is 10.6 Å². The van der Waals surface area contributed by atoms with E-state index < -0.39 is 5.60 Å². The number of rotatable bonds is 4. The zero-order valence-electron chi connectivity index (χ0n) is 13.0. The van der Waals surface area contributed by atoms with Gasteiger partial charge in [0.15, 0.2) is 0 Å². The molecule has 2 atom stereocenters. The van der Waals surface area contributed by atoms with Gasteiger partial charge in [0.2, 0.25) is 0 Å². The summed E-state index contributed by atoms with van der Waals surface area (Å²) in [7, 11) is 2.17. The number of ether oxygens (including phenoxy) is 1. The fraction of sp³-hybridized carbons (Fsp3) is 0.929. The van der Waals surface area contributed by atoms with Gasteiger partial charge in [0.1, 0.15) is 5.60 Å². The number of carbonyl (C=O) groups excluding carboxylic acids is 1. The summed E-state index contributed by atoms with van der Waals surface area (Å²) in [5.74, 6) is 0. The average Bonchev–Trinajstić information content (AvgIpc) is 2.27. The molecule has 19 heavy (non-hydrogen) atoms. The second-order valence-corrected chi connectivity index (χ2v) is 6.43. The Hall–Kier alpha value is -0.810. The van der Waals surface area contributed by atoms with Gasteiger partial charge in [-0.05, 0) is 54.1 Å². The van der Waals surface area contributed by atoms with Gasteiger partial charge in [0.25, 0.3) is 0 Å². The van der Waals surface area contributed by atoms with Crippen LogP contribution in [0.2, 0.25) is 0 Å². The molecule has 1 aliphatic heterocycles. The number of piperidine rings is 1. The van der Waals surface area contributed by atoms with Crippen LogP contribution in [0.5, 0.6) is 0 Å². The molecule has 0 spiro atoms. The minimum atomic E-state index is -0.430. The molecule has 0 aromatic heterocycles. The molecule has 0 aromatic carbocycles. The molecule has 0 aliphatic carbocycles. The average molecular weight is 271 g/mol.